The maximum absolute atomic E-state index is 13.4. The topological polar surface area (TPSA) is 142 Å². The Kier molecular flexibility index (Phi) is 7.68. The molecule has 1 N–H and O–H groups in total. The Morgan fingerprint density at radius 3 is 2.52 bits per heavy atom. The molecule has 3 aromatic rings. The van der Waals surface area contributed by atoms with E-state index in [9.17, 15) is 13.2 Å². The van der Waals surface area contributed by atoms with Crippen LogP contribution in [-0.2, 0) is 28.9 Å². The molecule has 14 heteroatoms. The molecule has 1 amide bonds. The van der Waals surface area contributed by atoms with Crippen molar-refractivity contribution in [3.05, 3.63) is 42.0 Å². The Labute approximate surface area is 235 Å². The molecule has 6 rings (SSSR count). The molecular formula is C26H29N5O7S2. The van der Waals surface area contributed by atoms with Crippen LogP contribution in [0.2, 0.25) is 0 Å². The molecule has 0 radical (unpaired) electrons. The Bertz CT molecular complexity index is 1510. The van der Waals surface area contributed by atoms with E-state index in [1.54, 1.807) is 24.3 Å². The van der Waals surface area contributed by atoms with Crippen molar-refractivity contribution in [1.29, 1.82) is 0 Å². The number of hydrogen-bond acceptors (Lipinski definition) is 12. The number of amides is 1. The average Bonchev–Trinajstić information content (AvgIpc) is 3.70. The fourth-order valence-corrected chi connectivity index (χ4v) is 7.07. The molecule has 0 unspecified atom stereocenters. The number of likely N-dealkylation sites (N-methyl/N-ethyl adjacent to an activating group) is 1. The zero-order valence-electron chi connectivity index (χ0n) is 21.8. The highest BCUT2D eigenvalue weighted by atomic mass is 32.2. The number of rotatable bonds is 9. The predicted octanol–water partition coefficient (Wildman–Crippen LogP) is 2.10. The van der Waals surface area contributed by atoms with Crippen LogP contribution in [0, 0.1) is 0 Å². The highest BCUT2D eigenvalue weighted by Crippen LogP contribution is 2.28. The normalized spacial score (nSPS) is 22.4. The van der Waals surface area contributed by atoms with Gasteiger partial charge in [0.2, 0.25) is 5.88 Å². The van der Waals surface area contributed by atoms with E-state index >= 15 is 0 Å². The van der Waals surface area contributed by atoms with E-state index in [-0.39, 0.29) is 29.4 Å². The maximum Gasteiger partial charge on any atom is 0.280 e. The number of hydrogen-bond donors (Lipinski definition) is 1. The number of aromatic nitrogens is 2. The van der Waals surface area contributed by atoms with Gasteiger partial charge in [0.05, 0.1) is 30.0 Å². The summed E-state index contributed by atoms with van der Waals surface area (Å²) in [5.74, 6) is -0.0347. The minimum Gasteiger partial charge on any atom is -0.472 e. The van der Waals surface area contributed by atoms with Crippen LogP contribution in [0.15, 0.2) is 46.4 Å². The predicted molar refractivity (Wildman–Crippen MR) is 148 cm³/mol. The number of oxime groups is 1. The Morgan fingerprint density at radius 2 is 1.82 bits per heavy atom. The molecule has 0 bridgehead atoms. The van der Waals surface area contributed by atoms with Gasteiger partial charge in [-0.3, -0.25) is 15.0 Å². The Hall–Kier alpha value is -3.17. The first kappa shape index (κ1) is 27.0. The monoisotopic (exact) mass is 587 g/mol. The number of ether oxygens (including phenoxy) is 3. The standard InChI is InChI=1S/C26H29N5O7S2/c1-31-12-18(13-31)37-22-7-6-21-25(28-22)39-26(27-21)29-24(32)23(30-38-17-8-10-35-14-17)16-2-4-19(5-3-16)40(33,34)20-9-11-36-15-20/h2-7,17-18,20H,8-15H2,1H3,(H,27,29,32)/b30-23+/t17-,20+/m1/s1. The van der Waals surface area contributed by atoms with Gasteiger partial charge in [-0.05, 0) is 31.7 Å². The number of anilines is 1. The van der Waals surface area contributed by atoms with E-state index in [1.807, 2.05) is 7.05 Å². The van der Waals surface area contributed by atoms with Crippen LogP contribution in [0.25, 0.3) is 10.3 Å². The number of nitrogens with one attached hydrogen (secondary N) is 1. The summed E-state index contributed by atoms with van der Waals surface area (Å²) in [4.78, 5) is 31.0. The summed E-state index contributed by atoms with van der Waals surface area (Å²) in [6, 6.07) is 9.64. The molecule has 3 fully saturated rings. The summed E-state index contributed by atoms with van der Waals surface area (Å²) in [5.41, 5.74) is 1.02. The number of sulfone groups is 1. The molecule has 2 aromatic heterocycles. The lowest BCUT2D eigenvalue weighted by Crippen LogP contribution is -2.51. The first-order valence-corrected chi connectivity index (χ1v) is 15.4. The van der Waals surface area contributed by atoms with Crippen molar-refractivity contribution in [3.63, 3.8) is 0 Å². The molecule has 0 aliphatic carbocycles. The van der Waals surface area contributed by atoms with Gasteiger partial charge >= 0.3 is 0 Å². The molecular weight excluding hydrogens is 558 g/mol. The first-order valence-electron chi connectivity index (χ1n) is 13.0. The molecule has 3 aliphatic heterocycles. The van der Waals surface area contributed by atoms with Gasteiger partial charge in [-0.2, -0.15) is 0 Å². The van der Waals surface area contributed by atoms with E-state index in [1.165, 1.54) is 23.5 Å². The smallest absolute Gasteiger partial charge is 0.280 e. The summed E-state index contributed by atoms with van der Waals surface area (Å²) in [6.45, 7) is 3.24. The van der Waals surface area contributed by atoms with Gasteiger partial charge in [0.15, 0.2) is 26.8 Å². The van der Waals surface area contributed by atoms with Gasteiger partial charge < -0.3 is 19.0 Å². The molecule has 1 aromatic carbocycles. The third-order valence-electron chi connectivity index (χ3n) is 6.95. The van der Waals surface area contributed by atoms with Crippen molar-refractivity contribution in [3.8, 4) is 5.88 Å². The fraction of sp³-hybridized carbons (Fsp3) is 0.462. The third-order valence-corrected chi connectivity index (χ3v) is 10.0. The van der Waals surface area contributed by atoms with Crippen LogP contribution in [-0.4, -0.2) is 98.9 Å². The van der Waals surface area contributed by atoms with Crippen LogP contribution in [0.1, 0.15) is 18.4 Å². The lowest BCUT2D eigenvalue weighted by Gasteiger charge is -2.35. The van der Waals surface area contributed by atoms with Crippen molar-refractivity contribution in [2.45, 2.75) is 35.2 Å². The molecule has 3 saturated heterocycles. The molecule has 40 heavy (non-hydrogen) atoms. The highest BCUT2D eigenvalue weighted by Gasteiger charge is 2.31. The lowest BCUT2D eigenvalue weighted by molar-refractivity contribution is -0.110. The van der Waals surface area contributed by atoms with Crippen molar-refractivity contribution >= 4 is 48.3 Å². The van der Waals surface area contributed by atoms with Crippen LogP contribution in [0.5, 0.6) is 5.88 Å². The summed E-state index contributed by atoms with van der Waals surface area (Å²) >= 11 is 1.22. The largest absolute Gasteiger partial charge is 0.472 e. The maximum atomic E-state index is 13.4. The molecule has 0 saturated carbocycles. The van der Waals surface area contributed by atoms with Gasteiger partial charge in [-0.25, -0.2) is 18.4 Å². The molecule has 0 spiro atoms. The van der Waals surface area contributed by atoms with Crippen molar-refractivity contribution in [1.82, 2.24) is 14.9 Å². The Morgan fingerprint density at radius 1 is 1.05 bits per heavy atom. The number of fused-ring (bicyclic) bond motifs is 1. The van der Waals surface area contributed by atoms with E-state index < -0.39 is 21.0 Å². The summed E-state index contributed by atoms with van der Waals surface area (Å²) in [7, 11) is -1.51. The second-order valence-electron chi connectivity index (χ2n) is 9.99. The van der Waals surface area contributed by atoms with Gasteiger partial charge in [0.1, 0.15) is 16.5 Å². The minimum absolute atomic E-state index is 0.00890. The van der Waals surface area contributed by atoms with Crippen LogP contribution >= 0.6 is 11.3 Å². The SMILES string of the molecule is CN1CC(Oc2ccc3nc(NC(=O)/C(=N/O[C@@H]4CCOC4)c4ccc(S(=O)(=O)[C@H]5CCOC5)cc4)sc3n2)C1. The lowest BCUT2D eigenvalue weighted by atomic mass is 10.1. The minimum atomic E-state index is -3.54. The second kappa shape index (κ2) is 11.4. The van der Waals surface area contributed by atoms with E-state index in [4.69, 9.17) is 19.0 Å². The molecule has 12 nitrogen and oxygen atoms in total. The van der Waals surface area contributed by atoms with Crippen molar-refractivity contribution < 1.29 is 32.3 Å². The average molecular weight is 588 g/mol. The van der Waals surface area contributed by atoms with E-state index in [0.29, 0.717) is 59.6 Å². The number of pyridine rings is 1. The number of benzene rings is 1. The van der Waals surface area contributed by atoms with Gasteiger partial charge in [0, 0.05) is 37.7 Å². The first-order chi connectivity index (χ1) is 19.3. The number of carbonyl (C=O) groups is 1. The number of likely N-dealkylation sites (tertiary alicyclic amines) is 1. The van der Waals surface area contributed by atoms with Gasteiger partial charge in [-0.15, -0.1) is 0 Å². The zero-order chi connectivity index (χ0) is 27.7. The number of carbonyl (C=O) groups excluding carboxylic acids is 1. The summed E-state index contributed by atoms with van der Waals surface area (Å²) in [6.07, 6.45) is 0.952. The third kappa shape index (κ3) is 5.81. The van der Waals surface area contributed by atoms with Gasteiger partial charge in [-0.1, -0.05) is 28.6 Å². The molecule has 212 valence electrons. The van der Waals surface area contributed by atoms with E-state index in [0.717, 1.165) is 13.1 Å². The Balaban J connectivity index is 1.21. The van der Waals surface area contributed by atoms with Gasteiger partial charge in [0.25, 0.3) is 5.91 Å². The number of thiazole rings is 1. The quantitative estimate of drug-likeness (QED) is 0.292. The zero-order valence-corrected chi connectivity index (χ0v) is 23.4. The number of nitrogens with zero attached hydrogens (tertiary/aromatic N) is 4. The van der Waals surface area contributed by atoms with Crippen molar-refractivity contribution in [2.24, 2.45) is 5.16 Å². The van der Waals surface area contributed by atoms with Crippen LogP contribution < -0.4 is 10.1 Å². The summed E-state index contributed by atoms with van der Waals surface area (Å²) < 4.78 is 42.4. The second-order valence-corrected chi connectivity index (χ2v) is 13.2. The van der Waals surface area contributed by atoms with Crippen LogP contribution in [0.4, 0.5) is 5.13 Å². The highest BCUT2D eigenvalue weighted by molar-refractivity contribution is 7.92. The van der Waals surface area contributed by atoms with Crippen LogP contribution in [0.3, 0.4) is 0 Å². The molecule has 2 atom stereocenters. The molecule has 3 aliphatic rings. The summed E-state index contributed by atoms with van der Waals surface area (Å²) in [5, 5.41) is 6.71. The van der Waals surface area contributed by atoms with Crippen molar-refractivity contribution in [2.75, 3.05) is 51.9 Å². The fourth-order valence-electron chi connectivity index (χ4n) is 4.66. The molecule has 5 heterocycles. The van der Waals surface area contributed by atoms with E-state index in [2.05, 4.69) is 25.3 Å².